The molecule has 2 fully saturated rings. The Balaban J connectivity index is 1.50. The fourth-order valence-corrected chi connectivity index (χ4v) is 4.71. The van der Waals surface area contributed by atoms with Gasteiger partial charge in [0.1, 0.15) is 11.2 Å². The first-order valence-electron chi connectivity index (χ1n) is 14.8. The van der Waals surface area contributed by atoms with Crippen molar-refractivity contribution in [2.75, 3.05) is 83.4 Å². The summed E-state index contributed by atoms with van der Waals surface area (Å²) in [7, 11) is 3.82. The number of nitrogens with one attached hydrogen (secondary N) is 1. The number of carbonyl (C=O) groups excluding carboxylic acids is 2. The highest BCUT2D eigenvalue weighted by molar-refractivity contribution is 5.99. The third-order valence-electron chi connectivity index (χ3n) is 6.88. The fourth-order valence-electron chi connectivity index (χ4n) is 4.71. The van der Waals surface area contributed by atoms with Gasteiger partial charge in [-0.05, 0) is 51.5 Å². The minimum Gasteiger partial charge on any atom is -0.462 e. The van der Waals surface area contributed by atoms with Crippen molar-refractivity contribution >= 4 is 35.6 Å². The number of amides is 1. The van der Waals surface area contributed by atoms with Crippen LogP contribution in [0.5, 0.6) is 0 Å². The van der Waals surface area contributed by atoms with Crippen molar-refractivity contribution in [1.29, 1.82) is 0 Å². The van der Waals surface area contributed by atoms with Gasteiger partial charge >= 0.3 is 12.1 Å². The van der Waals surface area contributed by atoms with E-state index in [4.69, 9.17) is 24.2 Å². The predicted molar refractivity (Wildman–Crippen MR) is 167 cm³/mol. The molecule has 2 aliphatic rings. The van der Waals surface area contributed by atoms with Crippen LogP contribution in [0, 0.1) is 0 Å². The molecule has 234 valence electrons. The van der Waals surface area contributed by atoms with E-state index in [1.807, 2.05) is 58.1 Å². The summed E-state index contributed by atoms with van der Waals surface area (Å²) >= 11 is 0. The zero-order valence-corrected chi connectivity index (χ0v) is 26.3. The molecule has 0 bridgehead atoms. The van der Waals surface area contributed by atoms with Crippen LogP contribution < -0.4 is 10.2 Å². The Bertz CT molecular complexity index is 1260. The molecule has 3 heterocycles. The molecule has 0 aliphatic carbocycles. The van der Waals surface area contributed by atoms with Gasteiger partial charge in [0.2, 0.25) is 5.95 Å². The highest BCUT2D eigenvalue weighted by atomic mass is 16.6. The molecular formula is C31H45N7O5. The van der Waals surface area contributed by atoms with Crippen molar-refractivity contribution in [2.24, 2.45) is 0 Å². The van der Waals surface area contributed by atoms with Crippen LogP contribution in [0.15, 0.2) is 30.5 Å². The second-order valence-electron chi connectivity index (χ2n) is 11.8. The highest BCUT2D eigenvalue weighted by Gasteiger charge is 2.27. The molecule has 0 atom stereocenters. The average molecular weight is 596 g/mol. The van der Waals surface area contributed by atoms with Crippen molar-refractivity contribution in [1.82, 2.24) is 24.7 Å². The molecule has 0 unspecified atom stereocenters. The van der Waals surface area contributed by atoms with Crippen LogP contribution in [0.4, 0.5) is 22.2 Å². The molecular weight excluding hydrogens is 550 g/mol. The number of anilines is 3. The molecule has 2 aliphatic heterocycles. The molecule has 4 rings (SSSR count). The van der Waals surface area contributed by atoms with Crippen LogP contribution in [-0.4, -0.2) is 116 Å². The van der Waals surface area contributed by atoms with E-state index in [-0.39, 0.29) is 18.3 Å². The maximum absolute atomic E-state index is 13.2. The van der Waals surface area contributed by atoms with Gasteiger partial charge in [0.05, 0.1) is 25.5 Å². The van der Waals surface area contributed by atoms with Gasteiger partial charge in [-0.1, -0.05) is 12.1 Å². The van der Waals surface area contributed by atoms with Crippen molar-refractivity contribution in [2.45, 2.75) is 39.8 Å². The molecule has 1 amide bonds. The van der Waals surface area contributed by atoms with Gasteiger partial charge in [-0.2, -0.15) is 4.98 Å². The number of nitrogens with zero attached hydrogens (tertiary/aromatic N) is 6. The topological polar surface area (TPSA) is 113 Å². The van der Waals surface area contributed by atoms with Crippen LogP contribution in [0.25, 0.3) is 6.08 Å². The number of esters is 1. The molecule has 1 aromatic carbocycles. The zero-order valence-electron chi connectivity index (χ0n) is 26.3. The van der Waals surface area contributed by atoms with E-state index in [9.17, 15) is 9.59 Å². The highest BCUT2D eigenvalue weighted by Crippen LogP contribution is 2.27. The number of carbonyl (C=O) groups is 2. The van der Waals surface area contributed by atoms with Crippen molar-refractivity contribution in [3.8, 4) is 0 Å². The first-order valence-corrected chi connectivity index (χ1v) is 14.8. The number of morpholine rings is 1. The molecule has 1 aromatic heterocycles. The summed E-state index contributed by atoms with van der Waals surface area (Å²) in [5.41, 5.74) is 2.20. The first kappa shape index (κ1) is 32.0. The van der Waals surface area contributed by atoms with Gasteiger partial charge in [0.25, 0.3) is 0 Å². The summed E-state index contributed by atoms with van der Waals surface area (Å²) in [5, 5.41) is 3.36. The van der Waals surface area contributed by atoms with E-state index >= 15 is 0 Å². The van der Waals surface area contributed by atoms with E-state index in [1.54, 1.807) is 17.9 Å². The lowest BCUT2D eigenvalue weighted by atomic mass is 10.1. The van der Waals surface area contributed by atoms with Crippen LogP contribution in [0.2, 0.25) is 0 Å². The SMILES string of the molecule is CCOC(=O)c1c(/C=C/N(C)C)nc(N2CCOCC2)nc1Nc1ccc(CN2CCN(C(=O)OC(C)(C)C)CC2)cc1. The Hall–Kier alpha value is -3.90. The van der Waals surface area contributed by atoms with Crippen LogP contribution in [-0.2, 0) is 20.8 Å². The van der Waals surface area contributed by atoms with Gasteiger partial charge in [-0.3, -0.25) is 4.90 Å². The Morgan fingerprint density at radius 2 is 1.70 bits per heavy atom. The van der Waals surface area contributed by atoms with Gasteiger partial charge in [-0.15, -0.1) is 0 Å². The second kappa shape index (κ2) is 14.5. The van der Waals surface area contributed by atoms with Gasteiger partial charge in [0.15, 0.2) is 5.82 Å². The molecule has 2 aromatic rings. The monoisotopic (exact) mass is 595 g/mol. The Kier molecular flexibility index (Phi) is 10.8. The van der Waals surface area contributed by atoms with Crippen molar-refractivity contribution in [3.63, 3.8) is 0 Å². The van der Waals surface area contributed by atoms with Gasteiger partial charge < -0.3 is 34.2 Å². The molecule has 1 N–H and O–H groups in total. The summed E-state index contributed by atoms with van der Waals surface area (Å²) in [6.45, 7) is 13.7. The van der Waals surface area contributed by atoms with Gasteiger partial charge in [-0.25, -0.2) is 14.6 Å². The first-order chi connectivity index (χ1) is 20.5. The number of hydrogen-bond acceptors (Lipinski definition) is 11. The number of ether oxygens (including phenoxy) is 3. The largest absolute Gasteiger partial charge is 0.462 e. The molecule has 43 heavy (non-hydrogen) atoms. The zero-order chi connectivity index (χ0) is 31.0. The van der Waals surface area contributed by atoms with E-state index < -0.39 is 11.6 Å². The lowest BCUT2D eigenvalue weighted by molar-refractivity contribution is 0.0139. The van der Waals surface area contributed by atoms with Crippen molar-refractivity contribution in [3.05, 3.63) is 47.3 Å². The summed E-state index contributed by atoms with van der Waals surface area (Å²) < 4.78 is 16.4. The third-order valence-corrected chi connectivity index (χ3v) is 6.88. The van der Waals surface area contributed by atoms with Gasteiger partial charge in [0, 0.05) is 71.8 Å². The number of rotatable bonds is 9. The standard InChI is InChI=1S/C31H45N7O5/c1-7-42-28(39)26-25(12-13-35(5)6)33-29(37-18-20-41-21-19-37)34-27(26)32-24-10-8-23(9-11-24)22-36-14-16-38(17-15-36)30(40)43-31(2,3)4/h8-13H,7,14-22H2,1-6H3,(H,32,33,34)/b13-12+. The summed E-state index contributed by atoms with van der Waals surface area (Å²) in [6.07, 6.45) is 3.39. The van der Waals surface area contributed by atoms with Crippen LogP contribution >= 0.6 is 0 Å². The molecule has 12 heteroatoms. The fraction of sp³-hybridized carbons (Fsp3) is 0.548. The number of hydrogen-bond donors (Lipinski definition) is 1. The quantitative estimate of drug-likeness (QED) is 0.427. The smallest absolute Gasteiger partial charge is 0.410 e. The third kappa shape index (κ3) is 9.29. The minimum atomic E-state index is -0.499. The van der Waals surface area contributed by atoms with E-state index in [0.29, 0.717) is 56.9 Å². The number of benzene rings is 1. The maximum Gasteiger partial charge on any atom is 0.410 e. The number of aromatic nitrogens is 2. The van der Waals surface area contributed by atoms with E-state index in [1.165, 1.54) is 0 Å². The molecule has 2 saturated heterocycles. The lowest BCUT2D eigenvalue weighted by Crippen LogP contribution is -2.49. The summed E-state index contributed by atoms with van der Waals surface area (Å²) in [4.78, 5) is 43.1. The Labute approximate surface area is 254 Å². The minimum absolute atomic E-state index is 0.237. The van der Waals surface area contributed by atoms with Crippen molar-refractivity contribution < 1.29 is 23.8 Å². The summed E-state index contributed by atoms with van der Waals surface area (Å²) in [6, 6.07) is 8.08. The molecule has 12 nitrogen and oxygen atoms in total. The Morgan fingerprint density at radius 1 is 1.02 bits per heavy atom. The Morgan fingerprint density at radius 3 is 2.30 bits per heavy atom. The summed E-state index contributed by atoms with van der Waals surface area (Å²) in [5.74, 6) is 0.429. The molecule has 0 saturated carbocycles. The van der Waals surface area contributed by atoms with Crippen LogP contribution in [0.1, 0.15) is 49.3 Å². The lowest BCUT2D eigenvalue weighted by Gasteiger charge is -2.35. The number of piperazine rings is 1. The van der Waals surface area contributed by atoms with E-state index in [2.05, 4.69) is 27.2 Å². The maximum atomic E-state index is 13.2. The second-order valence-corrected chi connectivity index (χ2v) is 11.8. The predicted octanol–water partition coefficient (Wildman–Crippen LogP) is 3.82. The molecule has 0 spiro atoms. The average Bonchev–Trinajstić information content (AvgIpc) is 2.97. The van der Waals surface area contributed by atoms with Crippen LogP contribution in [0.3, 0.4) is 0 Å². The molecule has 0 radical (unpaired) electrons. The van der Waals surface area contributed by atoms with E-state index in [0.717, 1.165) is 30.9 Å². The normalized spacial score (nSPS) is 16.3.